The van der Waals surface area contributed by atoms with Gasteiger partial charge in [-0.05, 0) is 54.0 Å². The van der Waals surface area contributed by atoms with Crippen molar-refractivity contribution in [2.24, 2.45) is 0 Å². The van der Waals surface area contributed by atoms with E-state index < -0.39 is 0 Å². The fraction of sp³-hybridized carbons (Fsp3) is 0.312. The molecule has 1 aromatic heterocycles. The van der Waals surface area contributed by atoms with Gasteiger partial charge in [0.05, 0.1) is 0 Å². The second-order valence-electron chi connectivity index (χ2n) is 5.02. The molecule has 0 aliphatic heterocycles. The third-order valence-corrected chi connectivity index (χ3v) is 4.94. The van der Waals surface area contributed by atoms with Crippen LogP contribution in [0.3, 0.4) is 0 Å². The van der Waals surface area contributed by atoms with E-state index in [-0.39, 0.29) is 5.92 Å². The van der Waals surface area contributed by atoms with E-state index in [9.17, 15) is 4.79 Å². The van der Waals surface area contributed by atoms with Gasteiger partial charge in [0.15, 0.2) is 0 Å². The summed E-state index contributed by atoms with van der Waals surface area (Å²) in [4.78, 5) is 13.9. The monoisotopic (exact) mass is 290 g/mol. The Morgan fingerprint density at radius 1 is 1.37 bits per heavy atom. The van der Waals surface area contributed by atoms with Crippen LogP contribution in [0.15, 0.2) is 35.7 Å². The largest absolute Gasteiger partial charge is 0.299 e. The third kappa shape index (κ3) is 2.75. The maximum atomic E-state index is 12.5. The summed E-state index contributed by atoms with van der Waals surface area (Å²) in [7, 11) is 0. The molecule has 0 spiro atoms. The van der Waals surface area contributed by atoms with Crippen LogP contribution in [0.25, 0.3) is 0 Å². The van der Waals surface area contributed by atoms with Crippen LogP contribution in [0.4, 0.5) is 0 Å². The molecule has 1 nitrogen and oxygen atoms in total. The van der Waals surface area contributed by atoms with Crippen LogP contribution < -0.4 is 0 Å². The normalized spacial score (nSPS) is 18.1. The Morgan fingerprint density at radius 3 is 3.11 bits per heavy atom. The molecular weight excluding hydrogens is 276 g/mol. The molecule has 3 rings (SSSR count). The Hall–Kier alpha value is -1.12. The average molecular weight is 291 g/mol. The van der Waals surface area contributed by atoms with E-state index in [1.807, 2.05) is 24.3 Å². The van der Waals surface area contributed by atoms with E-state index in [1.165, 1.54) is 10.4 Å². The zero-order valence-electron chi connectivity index (χ0n) is 10.6. The van der Waals surface area contributed by atoms with Crippen molar-refractivity contribution in [2.45, 2.75) is 31.6 Å². The van der Waals surface area contributed by atoms with Crippen molar-refractivity contribution in [3.05, 3.63) is 56.7 Å². The van der Waals surface area contributed by atoms with Gasteiger partial charge in [-0.1, -0.05) is 23.7 Å². The van der Waals surface area contributed by atoms with Crippen LogP contribution in [-0.4, -0.2) is 5.78 Å². The number of benzene rings is 1. The molecule has 0 amide bonds. The fourth-order valence-electron chi connectivity index (χ4n) is 2.79. The number of ketones is 1. The molecule has 0 N–H and O–H groups in total. The quantitative estimate of drug-likeness (QED) is 0.805. The Bertz CT molecular complexity index is 602. The summed E-state index contributed by atoms with van der Waals surface area (Å²) < 4.78 is 0. The standard InChI is InChI=1S/C16H15ClOS/c17-12-4-1-3-11(9-12)10-15(18)13-5-2-6-16-14(13)7-8-19-16/h1,3-4,7-9,13H,2,5-6,10H2. The molecule has 3 heteroatoms. The van der Waals surface area contributed by atoms with Crippen LogP contribution in [0, 0.1) is 0 Å². The van der Waals surface area contributed by atoms with Gasteiger partial charge in [-0.2, -0.15) is 0 Å². The molecule has 1 unspecified atom stereocenters. The Kier molecular flexibility index (Phi) is 3.72. The van der Waals surface area contributed by atoms with Crippen LogP contribution in [0.5, 0.6) is 0 Å². The van der Waals surface area contributed by atoms with Crippen LogP contribution in [-0.2, 0) is 17.6 Å². The van der Waals surface area contributed by atoms with Gasteiger partial charge in [-0.15, -0.1) is 11.3 Å². The van der Waals surface area contributed by atoms with E-state index in [4.69, 9.17) is 11.6 Å². The predicted molar refractivity (Wildman–Crippen MR) is 80.2 cm³/mol. The van der Waals surface area contributed by atoms with Gasteiger partial charge in [0.25, 0.3) is 0 Å². The van der Waals surface area contributed by atoms with Crippen LogP contribution in [0.2, 0.25) is 5.02 Å². The lowest BCUT2D eigenvalue weighted by atomic mass is 9.83. The summed E-state index contributed by atoms with van der Waals surface area (Å²) in [5, 5.41) is 2.81. The van der Waals surface area contributed by atoms with E-state index >= 15 is 0 Å². The second-order valence-corrected chi connectivity index (χ2v) is 6.45. The minimum atomic E-state index is 0.0916. The molecule has 0 fully saturated rings. The Morgan fingerprint density at radius 2 is 2.26 bits per heavy atom. The molecule has 1 aliphatic carbocycles. The van der Waals surface area contributed by atoms with E-state index in [2.05, 4.69) is 11.4 Å². The molecule has 0 saturated carbocycles. The summed E-state index contributed by atoms with van der Waals surface area (Å²) in [6.45, 7) is 0. The van der Waals surface area contributed by atoms with Gasteiger partial charge in [0.2, 0.25) is 0 Å². The van der Waals surface area contributed by atoms with Gasteiger partial charge >= 0.3 is 0 Å². The zero-order valence-corrected chi connectivity index (χ0v) is 12.1. The van der Waals surface area contributed by atoms with Crippen molar-refractivity contribution in [1.82, 2.24) is 0 Å². The van der Waals surface area contributed by atoms with Crippen molar-refractivity contribution in [1.29, 1.82) is 0 Å². The Labute approximate surface area is 122 Å². The summed E-state index contributed by atoms with van der Waals surface area (Å²) in [6.07, 6.45) is 3.73. The van der Waals surface area contributed by atoms with Gasteiger partial charge in [-0.25, -0.2) is 0 Å². The van der Waals surface area contributed by atoms with Crippen molar-refractivity contribution in [2.75, 3.05) is 0 Å². The molecule has 0 saturated heterocycles. The van der Waals surface area contributed by atoms with Gasteiger partial charge < -0.3 is 0 Å². The third-order valence-electron chi connectivity index (χ3n) is 3.71. The first kappa shape index (κ1) is 12.9. The van der Waals surface area contributed by atoms with Crippen LogP contribution >= 0.6 is 22.9 Å². The van der Waals surface area contributed by atoms with Gasteiger partial charge in [0, 0.05) is 22.2 Å². The molecule has 1 aliphatic rings. The summed E-state index contributed by atoms with van der Waals surface area (Å²) in [5.41, 5.74) is 2.28. The lowest BCUT2D eigenvalue weighted by molar-refractivity contribution is -0.120. The van der Waals surface area contributed by atoms with Crippen molar-refractivity contribution in [3.8, 4) is 0 Å². The number of hydrogen-bond donors (Lipinski definition) is 0. The number of hydrogen-bond acceptors (Lipinski definition) is 2. The number of fused-ring (bicyclic) bond motifs is 1. The van der Waals surface area contributed by atoms with Crippen LogP contribution in [0.1, 0.15) is 34.8 Å². The summed E-state index contributed by atoms with van der Waals surface area (Å²) in [6, 6.07) is 9.73. The first-order valence-electron chi connectivity index (χ1n) is 6.57. The summed E-state index contributed by atoms with van der Waals surface area (Å²) in [5.74, 6) is 0.413. The first-order valence-corrected chi connectivity index (χ1v) is 7.83. The second kappa shape index (κ2) is 5.48. The highest BCUT2D eigenvalue weighted by Crippen LogP contribution is 2.36. The highest BCUT2D eigenvalue weighted by atomic mass is 35.5. The average Bonchev–Trinajstić information content (AvgIpc) is 2.86. The maximum absolute atomic E-state index is 12.5. The first-order chi connectivity index (χ1) is 9.24. The van der Waals surface area contributed by atoms with Crippen molar-refractivity contribution in [3.63, 3.8) is 0 Å². The van der Waals surface area contributed by atoms with E-state index in [1.54, 1.807) is 11.3 Å². The molecule has 19 heavy (non-hydrogen) atoms. The summed E-state index contributed by atoms with van der Waals surface area (Å²) >= 11 is 7.75. The fourth-order valence-corrected chi connectivity index (χ4v) is 3.99. The van der Waals surface area contributed by atoms with Crippen molar-refractivity contribution >= 4 is 28.7 Å². The molecule has 1 atom stereocenters. The Balaban J connectivity index is 1.79. The minimum Gasteiger partial charge on any atom is -0.299 e. The van der Waals surface area contributed by atoms with Crippen molar-refractivity contribution < 1.29 is 4.79 Å². The van der Waals surface area contributed by atoms with Gasteiger partial charge in [0.1, 0.15) is 5.78 Å². The van der Waals surface area contributed by atoms with Gasteiger partial charge in [-0.3, -0.25) is 4.79 Å². The SMILES string of the molecule is O=C(Cc1cccc(Cl)c1)C1CCCc2sccc21. The number of carbonyl (C=O) groups excluding carboxylic acids is 1. The van der Waals surface area contributed by atoms with E-state index in [0.717, 1.165) is 24.8 Å². The smallest absolute Gasteiger partial charge is 0.144 e. The highest BCUT2D eigenvalue weighted by molar-refractivity contribution is 7.10. The number of rotatable bonds is 3. The lowest BCUT2D eigenvalue weighted by Crippen LogP contribution is -2.18. The molecule has 2 aromatic rings. The highest BCUT2D eigenvalue weighted by Gasteiger charge is 2.26. The van der Waals surface area contributed by atoms with E-state index in [0.29, 0.717) is 17.2 Å². The minimum absolute atomic E-state index is 0.0916. The lowest BCUT2D eigenvalue weighted by Gasteiger charge is -2.21. The molecule has 0 bridgehead atoms. The number of aryl methyl sites for hydroxylation is 1. The maximum Gasteiger partial charge on any atom is 0.144 e. The predicted octanol–water partition coefficient (Wildman–Crippen LogP) is 4.63. The molecule has 0 radical (unpaired) electrons. The molecule has 1 aromatic carbocycles. The molecular formula is C16H15ClOS. The number of carbonyl (C=O) groups is 1. The number of thiophene rings is 1. The molecule has 1 heterocycles. The molecule has 98 valence electrons. The zero-order chi connectivity index (χ0) is 13.2. The topological polar surface area (TPSA) is 17.1 Å². The number of Topliss-reactive ketones (excluding diaryl/α,β-unsaturated/α-hetero) is 1. The number of halogens is 1.